The highest BCUT2D eigenvalue weighted by molar-refractivity contribution is 8.01. The third kappa shape index (κ3) is 8.26. The van der Waals surface area contributed by atoms with Crippen molar-refractivity contribution in [3.8, 4) is 17.2 Å². The van der Waals surface area contributed by atoms with Crippen molar-refractivity contribution in [2.75, 3.05) is 52.5 Å². The molecule has 5 saturated heterocycles. The molecule has 5 heterocycles. The van der Waals surface area contributed by atoms with Gasteiger partial charge in [0.1, 0.15) is 29.0 Å². The summed E-state index contributed by atoms with van der Waals surface area (Å²) >= 11 is 2.24. The molecular formula is C46H53N3O16S2. The molecule has 0 radical (unpaired) electrons. The van der Waals surface area contributed by atoms with Crippen LogP contribution >= 0.6 is 23.5 Å². The van der Waals surface area contributed by atoms with Crippen molar-refractivity contribution in [3.05, 3.63) is 51.6 Å². The number of Topliss-reactive ketones (excluding diaryl/α,β-unsaturated/α-hetero) is 1. The SMILES string of the molecule is COc1cccc2c1C(=O)c1c(O)c3c(c(O)c1C2=O)C[C@@](O)(C(=O)CSC1CC(=O)N(CCCCCN2C(=O)CC(SC)C2=O)C1=O)C[C@@H]3O[C@H]1C[C@H]2[C@H](O[C@@H]3[C@@H](OC)OCCN32)[C@H](C)O1. The van der Waals surface area contributed by atoms with Gasteiger partial charge in [-0.3, -0.25) is 48.3 Å². The molecule has 5 fully saturated rings. The number of morpholine rings is 1. The monoisotopic (exact) mass is 967 g/mol. The smallest absolute Gasteiger partial charge is 0.242 e. The van der Waals surface area contributed by atoms with Crippen LogP contribution in [0.5, 0.6) is 17.2 Å². The number of ether oxygens (including phenoxy) is 6. The molecule has 0 bridgehead atoms. The molecule has 0 spiro atoms. The molecule has 3 N–H and O–H groups in total. The van der Waals surface area contributed by atoms with E-state index in [1.807, 2.05) is 6.92 Å². The number of ketones is 3. The summed E-state index contributed by atoms with van der Waals surface area (Å²) in [4.78, 5) is 98.5. The van der Waals surface area contributed by atoms with E-state index in [2.05, 4.69) is 4.90 Å². The Morgan fingerprint density at radius 1 is 0.896 bits per heavy atom. The summed E-state index contributed by atoms with van der Waals surface area (Å²) in [5.41, 5.74) is -3.72. The Bertz CT molecular complexity index is 2420. The van der Waals surface area contributed by atoms with Crippen LogP contribution in [0, 0.1) is 0 Å². The maximum atomic E-state index is 14.3. The molecule has 9 rings (SSSR count). The van der Waals surface area contributed by atoms with Crippen molar-refractivity contribution in [3.63, 3.8) is 0 Å². The van der Waals surface area contributed by atoms with Crippen LogP contribution in [-0.4, -0.2) is 177 Å². The predicted octanol–water partition coefficient (Wildman–Crippen LogP) is 2.24. The van der Waals surface area contributed by atoms with Gasteiger partial charge in [-0.2, -0.15) is 11.8 Å². The molecule has 2 aromatic carbocycles. The normalized spacial score (nSPS) is 31.5. The first-order valence-corrected chi connectivity index (χ1v) is 24.8. The molecule has 2 aromatic rings. The van der Waals surface area contributed by atoms with Crippen LogP contribution in [0.25, 0.3) is 0 Å². The highest BCUT2D eigenvalue weighted by Crippen LogP contribution is 2.53. The summed E-state index contributed by atoms with van der Waals surface area (Å²) in [7, 11) is 2.86. The Labute approximate surface area is 394 Å². The number of thioether (sulfide) groups is 2. The van der Waals surface area contributed by atoms with Gasteiger partial charge in [0.15, 0.2) is 30.4 Å². The maximum Gasteiger partial charge on any atom is 0.242 e. The minimum Gasteiger partial charge on any atom is -0.507 e. The number of phenols is 2. The molecule has 19 nitrogen and oxygen atoms in total. The van der Waals surface area contributed by atoms with Crippen LogP contribution in [-0.2, 0) is 54.1 Å². The number of aromatic hydroxyl groups is 2. The number of aliphatic hydroxyl groups is 1. The lowest BCUT2D eigenvalue weighted by molar-refractivity contribution is -0.256. The first-order chi connectivity index (χ1) is 32.1. The minimum absolute atomic E-state index is 0.0721. The lowest BCUT2D eigenvalue weighted by Gasteiger charge is -2.43. The van der Waals surface area contributed by atoms with Gasteiger partial charge in [0.05, 0.1) is 58.9 Å². The summed E-state index contributed by atoms with van der Waals surface area (Å²) in [5.74, 6) is -5.35. The third-order valence-electron chi connectivity index (χ3n) is 14.1. The van der Waals surface area contributed by atoms with Crippen molar-refractivity contribution in [1.82, 2.24) is 14.7 Å². The zero-order valence-electron chi connectivity index (χ0n) is 37.4. The number of phenolic OH excluding ortho intramolecular Hbond substituents is 2. The number of fused-ring (bicyclic) bond motifs is 6. The first kappa shape index (κ1) is 47.6. The number of rotatable bonds is 15. The highest BCUT2D eigenvalue weighted by Gasteiger charge is 2.55. The summed E-state index contributed by atoms with van der Waals surface area (Å²) < 4.78 is 36.0. The number of benzene rings is 2. The molecule has 0 saturated carbocycles. The standard InChI is InChI=1S/C46H53N3O16S2/c1-21-41-24(47-13-14-62-45(61-3)44(47)65-41)15-32(63-21)64-26-19-46(59,18-23-34(26)40(56)36-35(38(23)54)37(53)22-9-8-10-25(60-2)33(22)39(36)55)29(50)20-67-28-17-31(52)49(43(28)58)12-7-5-6-11-48-30(51)16-27(66-4)42(48)57/h8-10,21,24,26-28,32,41,44-45,54,56,59H,5-7,11-20H2,1-4H3/t21-,24-,26-,27?,28?,32-,41+,44+,45-,46-/m0/s1. The van der Waals surface area contributed by atoms with Crippen molar-refractivity contribution in [1.29, 1.82) is 0 Å². The van der Waals surface area contributed by atoms with Crippen LogP contribution in [0.15, 0.2) is 18.2 Å². The van der Waals surface area contributed by atoms with Gasteiger partial charge in [0.25, 0.3) is 0 Å². The van der Waals surface area contributed by atoms with Gasteiger partial charge in [-0.1, -0.05) is 12.1 Å². The number of carbonyl (C=O) groups excluding carboxylic acids is 7. The van der Waals surface area contributed by atoms with Crippen LogP contribution in [0.3, 0.4) is 0 Å². The molecule has 4 amide bonds. The second-order valence-electron chi connectivity index (χ2n) is 17.9. The van der Waals surface area contributed by atoms with E-state index in [9.17, 15) is 48.9 Å². The predicted molar refractivity (Wildman–Crippen MR) is 237 cm³/mol. The number of likely N-dealkylation sites (tertiary alicyclic amines) is 2. The number of nitrogens with zero attached hydrogens (tertiary/aromatic N) is 3. The summed E-state index contributed by atoms with van der Waals surface area (Å²) in [6, 6.07) is 4.16. The molecular weight excluding hydrogens is 915 g/mol. The lowest BCUT2D eigenvalue weighted by atomic mass is 9.72. The molecule has 10 atom stereocenters. The van der Waals surface area contributed by atoms with Crippen molar-refractivity contribution >= 4 is 64.5 Å². The highest BCUT2D eigenvalue weighted by atomic mass is 32.2. The van der Waals surface area contributed by atoms with E-state index in [1.165, 1.54) is 49.1 Å². The number of unbranched alkanes of at least 4 members (excludes halogenated alkanes) is 2. The molecule has 360 valence electrons. The fraction of sp³-hybridized carbons (Fsp3) is 0.587. The fourth-order valence-electron chi connectivity index (χ4n) is 10.7. The quantitative estimate of drug-likeness (QED) is 0.112. The van der Waals surface area contributed by atoms with Gasteiger partial charge in [-0.25, -0.2) is 0 Å². The van der Waals surface area contributed by atoms with Crippen molar-refractivity contribution < 1.29 is 77.3 Å². The zero-order valence-corrected chi connectivity index (χ0v) is 39.1. The third-order valence-corrected chi connectivity index (χ3v) is 16.2. The second-order valence-corrected chi connectivity index (χ2v) is 20.1. The molecule has 67 heavy (non-hydrogen) atoms. The molecule has 2 unspecified atom stereocenters. The largest absolute Gasteiger partial charge is 0.507 e. The van der Waals surface area contributed by atoms with Crippen LogP contribution < -0.4 is 4.74 Å². The molecule has 21 heteroatoms. The molecule has 0 aromatic heterocycles. The van der Waals surface area contributed by atoms with Crippen molar-refractivity contribution in [2.24, 2.45) is 0 Å². The average molecular weight is 968 g/mol. The number of hydrogen-bond acceptors (Lipinski definition) is 19. The summed E-state index contributed by atoms with van der Waals surface area (Å²) in [5, 5.41) is 35.3. The van der Waals surface area contributed by atoms with Crippen LogP contribution in [0.2, 0.25) is 0 Å². The van der Waals surface area contributed by atoms with Crippen molar-refractivity contribution in [2.45, 2.75) is 118 Å². The van der Waals surface area contributed by atoms with Gasteiger partial charge < -0.3 is 43.7 Å². The topological polar surface area (TPSA) is 245 Å². The summed E-state index contributed by atoms with van der Waals surface area (Å²) in [6.07, 6.45) is -2.01. The van der Waals surface area contributed by atoms with Crippen LogP contribution in [0.4, 0.5) is 0 Å². The van der Waals surface area contributed by atoms with E-state index in [-0.39, 0.29) is 83.5 Å². The number of hydrogen-bond donors (Lipinski definition) is 3. The van der Waals surface area contributed by atoms with E-state index in [0.29, 0.717) is 32.4 Å². The van der Waals surface area contributed by atoms with Gasteiger partial charge in [0, 0.05) is 81.6 Å². The molecule has 5 aliphatic heterocycles. The average Bonchev–Trinajstić information content (AvgIpc) is 3.93. The molecule has 7 aliphatic rings. The maximum absolute atomic E-state index is 14.3. The Hall–Kier alpha value is -4.45. The Morgan fingerprint density at radius 3 is 2.25 bits per heavy atom. The Kier molecular flexibility index (Phi) is 13.4. The van der Waals surface area contributed by atoms with E-state index in [1.54, 1.807) is 6.26 Å². The van der Waals surface area contributed by atoms with Crippen LogP contribution in [0.1, 0.15) is 101 Å². The first-order valence-electron chi connectivity index (χ1n) is 22.4. The van der Waals surface area contributed by atoms with Gasteiger partial charge in [-0.05, 0) is 38.5 Å². The van der Waals surface area contributed by atoms with E-state index >= 15 is 0 Å². The van der Waals surface area contributed by atoms with Gasteiger partial charge in [0.2, 0.25) is 29.4 Å². The zero-order chi connectivity index (χ0) is 47.6. The second kappa shape index (κ2) is 18.8. The molecule has 2 aliphatic carbocycles. The number of carbonyl (C=O) groups is 7. The summed E-state index contributed by atoms with van der Waals surface area (Å²) in [6.45, 7) is 3.12. The van der Waals surface area contributed by atoms with E-state index in [0.717, 1.165) is 16.7 Å². The van der Waals surface area contributed by atoms with Gasteiger partial charge >= 0.3 is 0 Å². The Balaban J connectivity index is 0.937. The lowest BCUT2D eigenvalue weighted by Crippen LogP contribution is -2.55. The van der Waals surface area contributed by atoms with E-state index in [4.69, 9.17) is 28.4 Å². The number of amides is 4. The Morgan fingerprint density at radius 2 is 1.58 bits per heavy atom. The van der Waals surface area contributed by atoms with Gasteiger partial charge in [-0.15, -0.1) is 11.8 Å². The number of methoxy groups -OCH3 is 2. The minimum atomic E-state index is -2.30. The number of imide groups is 2. The van der Waals surface area contributed by atoms with E-state index < -0.39 is 118 Å². The fourth-order valence-corrected chi connectivity index (χ4v) is 12.4.